The summed E-state index contributed by atoms with van der Waals surface area (Å²) in [5.74, 6) is 2.40. The molecular formula is C23H25N7. The molecule has 0 bridgehead atoms. The van der Waals surface area contributed by atoms with Crippen LogP contribution in [-0.4, -0.2) is 35.4 Å². The van der Waals surface area contributed by atoms with Gasteiger partial charge in [-0.15, -0.1) is 10.2 Å². The van der Waals surface area contributed by atoms with E-state index in [1.54, 1.807) is 0 Å². The Labute approximate surface area is 175 Å². The minimum atomic E-state index is 0.591. The lowest BCUT2D eigenvalue weighted by Gasteiger charge is -2.09. The van der Waals surface area contributed by atoms with Gasteiger partial charge in [0.2, 0.25) is 5.82 Å². The number of aromatic amines is 1. The van der Waals surface area contributed by atoms with Gasteiger partial charge in [-0.2, -0.15) is 10.3 Å². The third-order valence-electron chi connectivity index (χ3n) is 4.83. The second-order valence-electron chi connectivity index (χ2n) is 7.08. The zero-order valence-electron chi connectivity index (χ0n) is 17.3. The predicted molar refractivity (Wildman–Crippen MR) is 117 cm³/mol. The molecule has 0 saturated heterocycles. The molecule has 7 nitrogen and oxygen atoms in total. The van der Waals surface area contributed by atoms with E-state index in [-0.39, 0.29) is 0 Å². The average Bonchev–Trinajstić information content (AvgIpc) is 3.44. The second-order valence-corrected chi connectivity index (χ2v) is 7.08. The lowest BCUT2D eigenvalue weighted by atomic mass is 9.98. The SMILES string of the molecule is CCC=Cc1nc(CCC)nn1Cc1ccc(-c2ccccc2-c2nn[nH]n2)cc1. The fourth-order valence-electron chi connectivity index (χ4n) is 3.36. The fraction of sp³-hybridized carbons (Fsp3) is 0.261. The molecular weight excluding hydrogens is 374 g/mol. The Balaban J connectivity index is 1.59. The number of aryl methyl sites for hydroxylation is 1. The van der Waals surface area contributed by atoms with Gasteiger partial charge in [-0.25, -0.2) is 9.67 Å². The Kier molecular flexibility index (Phi) is 6.08. The van der Waals surface area contributed by atoms with E-state index in [1.165, 1.54) is 5.56 Å². The van der Waals surface area contributed by atoms with Gasteiger partial charge in [0, 0.05) is 12.0 Å². The van der Waals surface area contributed by atoms with E-state index in [4.69, 9.17) is 5.10 Å². The first-order valence-corrected chi connectivity index (χ1v) is 10.3. The largest absolute Gasteiger partial charge is 0.242 e. The Morgan fingerprint density at radius 1 is 1.00 bits per heavy atom. The van der Waals surface area contributed by atoms with Gasteiger partial charge in [0.15, 0.2) is 11.6 Å². The van der Waals surface area contributed by atoms with Crippen molar-refractivity contribution in [2.24, 2.45) is 0 Å². The van der Waals surface area contributed by atoms with Gasteiger partial charge in [-0.1, -0.05) is 68.5 Å². The molecule has 0 aliphatic heterocycles. The molecule has 0 amide bonds. The summed E-state index contributed by atoms with van der Waals surface area (Å²) in [6, 6.07) is 16.6. The van der Waals surface area contributed by atoms with Gasteiger partial charge in [0.1, 0.15) is 0 Å². The number of nitrogens with one attached hydrogen (secondary N) is 1. The fourth-order valence-corrected chi connectivity index (χ4v) is 3.36. The van der Waals surface area contributed by atoms with Gasteiger partial charge in [0.05, 0.1) is 6.54 Å². The standard InChI is InChI=1S/C23H25N7/c1-3-5-11-22-24-21(8-4-2)27-30(22)16-17-12-14-18(15-13-17)19-9-6-7-10-20(19)23-25-28-29-26-23/h5-7,9-15H,3-4,8,16H2,1-2H3,(H,25,26,28,29). The van der Waals surface area contributed by atoms with Crippen LogP contribution in [0.1, 0.15) is 43.9 Å². The van der Waals surface area contributed by atoms with Gasteiger partial charge >= 0.3 is 0 Å². The molecule has 7 heteroatoms. The van der Waals surface area contributed by atoms with Gasteiger partial charge in [-0.3, -0.25) is 0 Å². The molecule has 2 heterocycles. The summed E-state index contributed by atoms with van der Waals surface area (Å²) in [5, 5.41) is 19.2. The van der Waals surface area contributed by atoms with Crippen LogP contribution < -0.4 is 0 Å². The summed E-state index contributed by atoms with van der Waals surface area (Å²) in [7, 11) is 0. The normalized spacial score (nSPS) is 11.4. The van der Waals surface area contributed by atoms with E-state index in [9.17, 15) is 0 Å². The maximum absolute atomic E-state index is 4.70. The van der Waals surface area contributed by atoms with Gasteiger partial charge in [0.25, 0.3) is 0 Å². The van der Waals surface area contributed by atoms with Crippen LogP contribution in [0.5, 0.6) is 0 Å². The Morgan fingerprint density at radius 3 is 2.50 bits per heavy atom. The highest BCUT2D eigenvalue weighted by atomic mass is 15.5. The molecule has 0 unspecified atom stereocenters. The maximum Gasteiger partial charge on any atom is 0.205 e. The Morgan fingerprint density at radius 2 is 1.80 bits per heavy atom. The number of rotatable bonds is 8. The topological polar surface area (TPSA) is 85.2 Å². The summed E-state index contributed by atoms with van der Waals surface area (Å²) < 4.78 is 1.99. The molecule has 0 aliphatic rings. The minimum Gasteiger partial charge on any atom is -0.242 e. The first-order valence-electron chi connectivity index (χ1n) is 10.3. The molecule has 0 fully saturated rings. The molecule has 4 aromatic rings. The number of hydrogen-bond acceptors (Lipinski definition) is 5. The lowest BCUT2D eigenvalue weighted by molar-refractivity contribution is 0.662. The third kappa shape index (κ3) is 4.35. The molecule has 0 aliphatic carbocycles. The number of H-pyrrole nitrogens is 1. The third-order valence-corrected chi connectivity index (χ3v) is 4.83. The molecule has 0 radical (unpaired) electrons. The molecule has 30 heavy (non-hydrogen) atoms. The lowest BCUT2D eigenvalue weighted by Crippen LogP contribution is -2.04. The molecule has 152 valence electrons. The summed E-state index contributed by atoms with van der Waals surface area (Å²) in [4.78, 5) is 4.68. The van der Waals surface area contributed by atoms with Crippen LogP contribution in [0.4, 0.5) is 0 Å². The zero-order chi connectivity index (χ0) is 20.8. The van der Waals surface area contributed by atoms with Crippen LogP contribution in [0, 0.1) is 0 Å². The molecule has 4 rings (SSSR count). The van der Waals surface area contributed by atoms with Crippen LogP contribution in [0.25, 0.3) is 28.6 Å². The first-order chi connectivity index (χ1) is 14.8. The molecule has 2 aromatic carbocycles. The van der Waals surface area contributed by atoms with Crippen LogP contribution in [0.15, 0.2) is 54.6 Å². The summed E-state index contributed by atoms with van der Waals surface area (Å²) in [5.41, 5.74) is 4.31. The van der Waals surface area contributed by atoms with E-state index >= 15 is 0 Å². The van der Waals surface area contributed by atoms with Crippen molar-refractivity contribution in [1.82, 2.24) is 35.4 Å². The number of hydrogen-bond donors (Lipinski definition) is 1. The number of benzene rings is 2. The van der Waals surface area contributed by atoms with E-state index in [1.807, 2.05) is 22.9 Å². The highest BCUT2D eigenvalue weighted by Crippen LogP contribution is 2.29. The van der Waals surface area contributed by atoms with Crippen molar-refractivity contribution in [2.75, 3.05) is 0 Å². The van der Waals surface area contributed by atoms with Crippen molar-refractivity contribution in [3.05, 3.63) is 71.8 Å². The van der Waals surface area contributed by atoms with Crippen LogP contribution in [-0.2, 0) is 13.0 Å². The molecule has 0 saturated carbocycles. The van der Waals surface area contributed by atoms with Gasteiger partial charge in [-0.05, 0) is 40.8 Å². The zero-order valence-corrected chi connectivity index (χ0v) is 17.3. The van der Waals surface area contributed by atoms with Crippen molar-refractivity contribution >= 4 is 6.08 Å². The van der Waals surface area contributed by atoms with Crippen LogP contribution in [0.3, 0.4) is 0 Å². The van der Waals surface area contributed by atoms with Crippen molar-refractivity contribution in [1.29, 1.82) is 0 Å². The van der Waals surface area contributed by atoms with E-state index < -0.39 is 0 Å². The summed E-state index contributed by atoms with van der Waals surface area (Å²) in [6.45, 7) is 4.95. The smallest absolute Gasteiger partial charge is 0.205 e. The second kappa shape index (κ2) is 9.26. The first kappa shape index (κ1) is 19.7. The number of aromatic nitrogens is 7. The average molecular weight is 400 g/mol. The highest BCUT2D eigenvalue weighted by molar-refractivity contribution is 5.80. The molecule has 1 N–H and O–H groups in total. The molecule has 0 spiro atoms. The van der Waals surface area contributed by atoms with E-state index in [0.717, 1.165) is 47.6 Å². The van der Waals surface area contributed by atoms with Crippen molar-refractivity contribution in [3.63, 3.8) is 0 Å². The van der Waals surface area contributed by atoms with Crippen molar-refractivity contribution in [2.45, 2.75) is 39.7 Å². The predicted octanol–water partition coefficient (Wildman–Crippen LogP) is 4.55. The van der Waals surface area contributed by atoms with Crippen LogP contribution >= 0.6 is 0 Å². The Bertz CT molecular complexity index is 1110. The quantitative estimate of drug-likeness (QED) is 0.470. The number of nitrogens with zero attached hydrogens (tertiary/aromatic N) is 6. The molecule has 0 atom stereocenters. The minimum absolute atomic E-state index is 0.591. The van der Waals surface area contributed by atoms with Gasteiger partial charge < -0.3 is 0 Å². The maximum atomic E-state index is 4.70. The van der Waals surface area contributed by atoms with Crippen molar-refractivity contribution < 1.29 is 0 Å². The van der Waals surface area contributed by atoms with Crippen LogP contribution in [0.2, 0.25) is 0 Å². The summed E-state index contributed by atoms with van der Waals surface area (Å²) >= 11 is 0. The van der Waals surface area contributed by atoms with E-state index in [0.29, 0.717) is 12.4 Å². The Hall–Kier alpha value is -3.61. The number of tetrazole rings is 1. The monoisotopic (exact) mass is 399 g/mol. The summed E-state index contributed by atoms with van der Waals surface area (Å²) in [6.07, 6.45) is 7.08. The molecule has 2 aromatic heterocycles. The number of allylic oxidation sites excluding steroid dienone is 1. The van der Waals surface area contributed by atoms with E-state index in [2.05, 4.69) is 81.9 Å². The van der Waals surface area contributed by atoms with Crippen molar-refractivity contribution in [3.8, 4) is 22.5 Å². The highest BCUT2D eigenvalue weighted by Gasteiger charge is 2.11.